The molecule has 1 N–H and O–H groups in total. The average Bonchev–Trinajstić information content (AvgIpc) is 2.16. The molecule has 1 rings (SSSR count). The molecule has 0 amide bonds. The molecule has 0 radical (unpaired) electrons. The van der Waals surface area contributed by atoms with Crippen LogP contribution in [0.2, 0.25) is 0 Å². The fraction of sp³-hybridized carbons (Fsp3) is 0.462. The van der Waals surface area contributed by atoms with Crippen molar-refractivity contribution in [3.63, 3.8) is 0 Å². The van der Waals surface area contributed by atoms with E-state index in [-0.39, 0.29) is 17.8 Å². The SMILES string of the molecule is CC(C)(C)C(=O)CC(O)c1ccccc1F. The summed E-state index contributed by atoms with van der Waals surface area (Å²) in [6, 6.07) is 5.97. The average molecular weight is 224 g/mol. The monoisotopic (exact) mass is 224 g/mol. The van der Waals surface area contributed by atoms with E-state index >= 15 is 0 Å². The minimum atomic E-state index is -1.06. The number of hydrogen-bond donors (Lipinski definition) is 1. The second kappa shape index (κ2) is 4.74. The predicted octanol–water partition coefficient (Wildman–Crippen LogP) is 2.86. The third kappa shape index (κ3) is 3.14. The van der Waals surface area contributed by atoms with Crippen LogP contribution in [-0.2, 0) is 4.79 Å². The van der Waals surface area contributed by atoms with E-state index in [1.54, 1.807) is 32.9 Å². The third-order valence-electron chi connectivity index (χ3n) is 2.48. The van der Waals surface area contributed by atoms with E-state index in [2.05, 4.69) is 0 Å². The minimum Gasteiger partial charge on any atom is -0.388 e. The van der Waals surface area contributed by atoms with Gasteiger partial charge < -0.3 is 5.11 Å². The van der Waals surface area contributed by atoms with Gasteiger partial charge in [-0.15, -0.1) is 0 Å². The Morgan fingerprint density at radius 1 is 1.38 bits per heavy atom. The molecule has 1 aromatic rings. The quantitative estimate of drug-likeness (QED) is 0.857. The maximum Gasteiger partial charge on any atom is 0.141 e. The molecule has 0 spiro atoms. The predicted molar refractivity (Wildman–Crippen MR) is 60.4 cm³/mol. The highest BCUT2D eigenvalue weighted by atomic mass is 19.1. The van der Waals surface area contributed by atoms with E-state index in [1.807, 2.05) is 0 Å². The first kappa shape index (κ1) is 12.8. The zero-order chi connectivity index (χ0) is 12.3. The minimum absolute atomic E-state index is 0.0512. The van der Waals surface area contributed by atoms with Gasteiger partial charge in [-0.2, -0.15) is 0 Å². The zero-order valence-electron chi connectivity index (χ0n) is 9.83. The van der Waals surface area contributed by atoms with Gasteiger partial charge in [0, 0.05) is 17.4 Å². The van der Waals surface area contributed by atoms with Gasteiger partial charge in [-0.05, 0) is 6.07 Å². The molecule has 0 aliphatic heterocycles. The molecule has 0 aliphatic rings. The lowest BCUT2D eigenvalue weighted by molar-refractivity contribution is -0.128. The van der Waals surface area contributed by atoms with E-state index in [0.717, 1.165) is 0 Å². The topological polar surface area (TPSA) is 37.3 Å². The molecule has 0 saturated carbocycles. The molecule has 1 unspecified atom stereocenters. The summed E-state index contributed by atoms with van der Waals surface area (Å²) >= 11 is 0. The lowest BCUT2D eigenvalue weighted by Gasteiger charge is -2.19. The van der Waals surface area contributed by atoms with Gasteiger partial charge in [-0.25, -0.2) is 4.39 Å². The highest BCUT2D eigenvalue weighted by Gasteiger charge is 2.25. The van der Waals surface area contributed by atoms with Gasteiger partial charge in [0.1, 0.15) is 11.6 Å². The lowest BCUT2D eigenvalue weighted by atomic mass is 9.86. The Labute approximate surface area is 95.1 Å². The summed E-state index contributed by atoms with van der Waals surface area (Å²) in [6.45, 7) is 5.34. The van der Waals surface area contributed by atoms with Crippen LogP contribution >= 0.6 is 0 Å². The number of rotatable bonds is 3. The highest BCUT2D eigenvalue weighted by Crippen LogP contribution is 2.25. The van der Waals surface area contributed by atoms with Gasteiger partial charge >= 0.3 is 0 Å². The number of aliphatic hydroxyl groups excluding tert-OH is 1. The number of Topliss-reactive ketones (excluding diaryl/α,β-unsaturated/α-hetero) is 1. The highest BCUT2D eigenvalue weighted by molar-refractivity contribution is 5.84. The Hall–Kier alpha value is -1.22. The first-order valence-electron chi connectivity index (χ1n) is 5.28. The van der Waals surface area contributed by atoms with Crippen molar-refractivity contribution in [2.75, 3.05) is 0 Å². The second-order valence-corrected chi connectivity index (χ2v) is 4.91. The van der Waals surface area contributed by atoms with Crippen molar-refractivity contribution >= 4 is 5.78 Å². The number of halogens is 1. The van der Waals surface area contributed by atoms with Crippen LogP contribution in [0.3, 0.4) is 0 Å². The van der Waals surface area contributed by atoms with E-state index in [0.29, 0.717) is 0 Å². The molecule has 3 heteroatoms. The molecular formula is C13H17FO2. The third-order valence-corrected chi connectivity index (χ3v) is 2.48. The zero-order valence-corrected chi connectivity index (χ0v) is 9.83. The molecule has 2 nitrogen and oxygen atoms in total. The molecule has 88 valence electrons. The van der Waals surface area contributed by atoms with Crippen molar-refractivity contribution in [3.8, 4) is 0 Å². The van der Waals surface area contributed by atoms with E-state index in [9.17, 15) is 14.3 Å². The maximum atomic E-state index is 13.3. The first-order valence-corrected chi connectivity index (χ1v) is 5.28. The number of hydrogen-bond acceptors (Lipinski definition) is 2. The maximum absolute atomic E-state index is 13.3. The van der Waals surface area contributed by atoms with Crippen LogP contribution in [0.15, 0.2) is 24.3 Å². The Balaban J connectivity index is 2.78. The number of carbonyl (C=O) groups excluding carboxylic acids is 1. The molecule has 0 fully saturated rings. The van der Waals surface area contributed by atoms with Crippen molar-refractivity contribution in [2.45, 2.75) is 33.3 Å². The molecule has 0 saturated heterocycles. The molecule has 1 atom stereocenters. The summed E-state index contributed by atoms with van der Waals surface area (Å²) in [5.74, 6) is -0.556. The summed E-state index contributed by atoms with van der Waals surface area (Å²) in [7, 11) is 0. The van der Waals surface area contributed by atoms with Crippen molar-refractivity contribution < 1.29 is 14.3 Å². The molecule has 0 aromatic heterocycles. The fourth-order valence-corrected chi connectivity index (χ4v) is 1.34. The Morgan fingerprint density at radius 3 is 2.44 bits per heavy atom. The number of carbonyl (C=O) groups is 1. The summed E-state index contributed by atoms with van der Waals surface area (Å²) in [6.07, 6.45) is -1.11. The fourth-order valence-electron chi connectivity index (χ4n) is 1.34. The standard InChI is InChI=1S/C13H17FO2/c1-13(2,3)12(16)8-11(15)9-6-4-5-7-10(9)14/h4-7,11,15H,8H2,1-3H3. The Kier molecular flexibility index (Phi) is 3.81. The van der Waals surface area contributed by atoms with Gasteiger partial charge in [0.2, 0.25) is 0 Å². The Bertz CT molecular complexity index is 380. The van der Waals surface area contributed by atoms with E-state index in [1.165, 1.54) is 12.1 Å². The normalized spacial score (nSPS) is 13.6. The van der Waals surface area contributed by atoms with Gasteiger partial charge in [0.25, 0.3) is 0 Å². The van der Waals surface area contributed by atoms with Crippen LogP contribution < -0.4 is 0 Å². The molecule has 1 aromatic carbocycles. The van der Waals surface area contributed by atoms with E-state index < -0.39 is 17.3 Å². The summed E-state index contributed by atoms with van der Waals surface area (Å²) in [4.78, 5) is 11.7. The van der Waals surface area contributed by atoms with Crippen LogP contribution in [0.4, 0.5) is 4.39 Å². The van der Waals surface area contributed by atoms with Crippen LogP contribution in [-0.4, -0.2) is 10.9 Å². The molecular weight excluding hydrogens is 207 g/mol. The van der Waals surface area contributed by atoms with Gasteiger partial charge in [0.15, 0.2) is 0 Å². The van der Waals surface area contributed by atoms with Gasteiger partial charge in [-0.3, -0.25) is 4.79 Å². The molecule has 0 heterocycles. The van der Waals surface area contributed by atoms with Gasteiger partial charge in [-0.1, -0.05) is 39.0 Å². The summed E-state index contributed by atoms with van der Waals surface area (Å²) in [5, 5.41) is 9.77. The number of benzene rings is 1. The van der Waals surface area contributed by atoms with Crippen LogP contribution in [0, 0.1) is 11.2 Å². The molecule has 16 heavy (non-hydrogen) atoms. The number of aliphatic hydroxyl groups is 1. The first-order chi connectivity index (χ1) is 7.32. The largest absolute Gasteiger partial charge is 0.388 e. The van der Waals surface area contributed by atoms with Crippen LogP contribution in [0.25, 0.3) is 0 Å². The van der Waals surface area contributed by atoms with Crippen molar-refractivity contribution in [1.29, 1.82) is 0 Å². The van der Waals surface area contributed by atoms with E-state index in [4.69, 9.17) is 0 Å². The summed E-state index contributed by atoms with van der Waals surface area (Å²) < 4.78 is 13.3. The number of ketones is 1. The van der Waals surface area contributed by atoms with Gasteiger partial charge in [0.05, 0.1) is 6.10 Å². The molecule has 0 aliphatic carbocycles. The van der Waals surface area contributed by atoms with Crippen LogP contribution in [0.1, 0.15) is 38.9 Å². The molecule has 0 bridgehead atoms. The van der Waals surface area contributed by atoms with Crippen LogP contribution in [0.5, 0.6) is 0 Å². The lowest BCUT2D eigenvalue weighted by Crippen LogP contribution is -2.22. The van der Waals surface area contributed by atoms with Crippen molar-refractivity contribution in [1.82, 2.24) is 0 Å². The summed E-state index contributed by atoms with van der Waals surface area (Å²) in [5.41, 5.74) is -0.327. The van der Waals surface area contributed by atoms with Crippen molar-refractivity contribution in [3.05, 3.63) is 35.6 Å². The smallest absolute Gasteiger partial charge is 0.141 e. The van der Waals surface area contributed by atoms with Crippen molar-refractivity contribution in [2.24, 2.45) is 5.41 Å². The Morgan fingerprint density at radius 2 is 1.94 bits per heavy atom. The second-order valence-electron chi connectivity index (χ2n) is 4.91.